The summed E-state index contributed by atoms with van der Waals surface area (Å²) < 4.78 is 2.13. The molecule has 0 radical (unpaired) electrons. The van der Waals surface area contributed by atoms with Gasteiger partial charge in [-0.05, 0) is 37.3 Å². The molecular weight excluding hydrogens is 296 g/mol. The molecule has 0 spiro atoms. The smallest absolute Gasteiger partial charge is 0.135 e. The van der Waals surface area contributed by atoms with E-state index in [2.05, 4.69) is 14.5 Å². The lowest BCUT2D eigenvalue weighted by molar-refractivity contribution is 0.863. The topological polar surface area (TPSA) is 43.1 Å². The molecule has 0 unspecified atom stereocenters. The third-order valence-corrected chi connectivity index (χ3v) is 3.99. The average molecular weight is 309 g/mol. The molecule has 1 aromatic carbocycles. The van der Waals surface area contributed by atoms with Gasteiger partial charge < -0.3 is 0 Å². The minimum atomic E-state index is 0.520. The third kappa shape index (κ3) is 2.04. The summed E-state index contributed by atoms with van der Waals surface area (Å²) in [5.41, 5.74) is 4.79. The number of hydrogen-bond donors (Lipinski definition) is 0. The maximum Gasteiger partial charge on any atom is 0.135 e. The first-order valence-corrected chi connectivity index (χ1v) is 7.41. The van der Waals surface area contributed by atoms with Crippen LogP contribution in [0.3, 0.4) is 0 Å². The fourth-order valence-electron chi connectivity index (χ4n) is 2.78. The van der Waals surface area contributed by atoms with Crippen LogP contribution < -0.4 is 0 Å². The van der Waals surface area contributed by atoms with Crippen molar-refractivity contribution in [3.63, 3.8) is 0 Å². The molecule has 0 atom stereocenters. The van der Waals surface area contributed by atoms with Crippen molar-refractivity contribution in [3.05, 3.63) is 76.6 Å². The van der Waals surface area contributed by atoms with Crippen LogP contribution in [0, 0.1) is 6.92 Å². The Morgan fingerprint density at radius 3 is 2.86 bits per heavy atom. The van der Waals surface area contributed by atoms with Crippen molar-refractivity contribution in [2.45, 2.75) is 13.5 Å². The van der Waals surface area contributed by atoms with E-state index in [4.69, 9.17) is 16.6 Å². The molecule has 22 heavy (non-hydrogen) atoms. The number of aliphatic imine (C=N–C) groups is 1. The molecule has 4 nitrogen and oxygen atoms in total. The zero-order chi connectivity index (χ0) is 15.1. The van der Waals surface area contributed by atoms with Gasteiger partial charge in [-0.15, -0.1) is 0 Å². The molecule has 2 aromatic heterocycles. The summed E-state index contributed by atoms with van der Waals surface area (Å²) in [4.78, 5) is 13.6. The number of rotatable bonds is 1. The molecule has 0 fully saturated rings. The van der Waals surface area contributed by atoms with E-state index in [1.165, 1.54) is 0 Å². The van der Waals surface area contributed by atoms with E-state index in [1.807, 2.05) is 49.5 Å². The lowest BCUT2D eigenvalue weighted by Gasteiger charge is -2.13. The van der Waals surface area contributed by atoms with Gasteiger partial charge in [-0.3, -0.25) is 14.5 Å². The fraction of sp³-hybridized carbons (Fsp3) is 0.118. The summed E-state index contributed by atoms with van der Waals surface area (Å²) >= 11 is 6.22. The van der Waals surface area contributed by atoms with Crippen LogP contribution in [-0.2, 0) is 6.54 Å². The van der Waals surface area contributed by atoms with Crippen molar-refractivity contribution in [2.24, 2.45) is 4.99 Å². The number of aryl methyl sites for hydroxylation is 1. The van der Waals surface area contributed by atoms with Gasteiger partial charge in [0, 0.05) is 28.7 Å². The van der Waals surface area contributed by atoms with E-state index < -0.39 is 0 Å². The molecule has 3 aromatic rings. The SMILES string of the molecule is Cc1cnc2n1-c1ccc(Cl)cc1C(c1ccccn1)=NC2. The molecule has 4 rings (SSSR count). The molecule has 1 aliphatic heterocycles. The van der Waals surface area contributed by atoms with Gasteiger partial charge >= 0.3 is 0 Å². The Morgan fingerprint density at radius 1 is 1.14 bits per heavy atom. The summed E-state index contributed by atoms with van der Waals surface area (Å²) in [6, 6.07) is 11.7. The number of imidazole rings is 1. The number of nitrogens with zero attached hydrogens (tertiary/aromatic N) is 4. The van der Waals surface area contributed by atoms with Gasteiger partial charge in [0.05, 0.1) is 23.6 Å². The predicted octanol–water partition coefficient (Wildman–Crippen LogP) is 3.58. The first-order valence-electron chi connectivity index (χ1n) is 7.03. The van der Waals surface area contributed by atoms with Crippen molar-refractivity contribution in [1.29, 1.82) is 0 Å². The summed E-state index contributed by atoms with van der Waals surface area (Å²) in [5, 5.41) is 0.684. The minimum absolute atomic E-state index is 0.520. The number of benzene rings is 1. The Balaban J connectivity index is 2.01. The van der Waals surface area contributed by atoms with Crippen LogP contribution in [0.15, 0.2) is 53.8 Å². The van der Waals surface area contributed by atoms with E-state index in [0.29, 0.717) is 11.6 Å². The monoisotopic (exact) mass is 308 g/mol. The predicted molar refractivity (Wildman–Crippen MR) is 86.9 cm³/mol. The normalized spacial score (nSPS) is 13.1. The van der Waals surface area contributed by atoms with Gasteiger partial charge in [-0.25, -0.2) is 4.98 Å². The Hall–Kier alpha value is -2.46. The Kier molecular flexibility index (Phi) is 3.05. The van der Waals surface area contributed by atoms with Crippen LogP contribution in [0.4, 0.5) is 0 Å². The molecule has 5 heteroatoms. The highest BCUT2D eigenvalue weighted by Crippen LogP contribution is 2.28. The maximum atomic E-state index is 6.22. The molecular formula is C17H13ClN4. The molecule has 108 valence electrons. The van der Waals surface area contributed by atoms with Gasteiger partial charge in [0.2, 0.25) is 0 Å². The van der Waals surface area contributed by atoms with Gasteiger partial charge in [-0.2, -0.15) is 0 Å². The van der Waals surface area contributed by atoms with Crippen LogP contribution in [-0.4, -0.2) is 20.2 Å². The van der Waals surface area contributed by atoms with Crippen LogP contribution in [0.25, 0.3) is 5.69 Å². The van der Waals surface area contributed by atoms with Crippen molar-refractivity contribution in [3.8, 4) is 5.69 Å². The molecule has 0 amide bonds. The van der Waals surface area contributed by atoms with E-state index in [0.717, 1.165) is 34.2 Å². The fourth-order valence-corrected chi connectivity index (χ4v) is 2.95. The largest absolute Gasteiger partial charge is 0.299 e. The van der Waals surface area contributed by atoms with Crippen molar-refractivity contribution in [2.75, 3.05) is 0 Å². The molecule has 0 aliphatic carbocycles. The maximum absolute atomic E-state index is 6.22. The Bertz CT molecular complexity index is 881. The van der Waals surface area contributed by atoms with Gasteiger partial charge in [0.25, 0.3) is 0 Å². The van der Waals surface area contributed by atoms with Crippen LogP contribution in [0.2, 0.25) is 5.02 Å². The van der Waals surface area contributed by atoms with E-state index in [1.54, 1.807) is 6.20 Å². The molecule has 0 N–H and O–H groups in total. The number of fused-ring (bicyclic) bond motifs is 3. The van der Waals surface area contributed by atoms with Crippen LogP contribution >= 0.6 is 11.6 Å². The number of aromatic nitrogens is 3. The molecule has 3 heterocycles. The van der Waals surface area contributed by atoms with Crippen molar-refractivity contribution < 1.29 is 0 Å². The second-order valence-electron chi connectivity index (χ2n) is 5.19. The highest BCUT2D eigenvalue weighted by atomic mass is 35.5. The number of hydrogen-bond acceptors (Lipinski definition) is 3. The van der Waals surface area contributed by atoms with Gasteiger partial charge in [0.1, 0.15) is 5.82 Å². The zero-order valence-corrected chi connectivity index (χ0v) is 12.7. The van der Waals surface area contributed by atoms with E-state index in [-0.39, 0.29) is 0 Å². The van der Waals surface area contributed by atoms with Gasteiger partial charge in [-0.1, -0.05) is 17.7 Å². The lowest BCUT2D eigenvalue weighted by Crippen LogP contribution is -2.09. The standard InChI is InChI=1S/C17H13ClN4/c1-11-9-20-16-10-21-17(14-4-2-3-7-19-14)13-8-12(18)5-6-15(13)22(11)16/h2-9H,10H2,1H3. The zero-order valence-electron chi connectivity index (χ0n) is 12.0. The first-order chi connectivity index (χ1) is 10.7. The van der Waals surface area contributed by atoms with E-state index in [9.17, 15) is 0 Å². The van der Waals surface area contributed by atoms with Gasteiger partial charge in [0.15, 0.2) is 0 Å². The summed E-state index contributed by atoms with van der Waals surface area (Å²) in [6.07, 6.45) is 3.64. The van der Waals surface area contributed by atoms with Crippen LogP contribution in [0.5, 0.6) is 0 Å². The first kappa shape index (κ1) is 13.2. The Morgan fingerprint density at radius 2 is 2.05 bits per heavy atom. The van der Waals surface area contributed by atoms with Crippen molar-refractivity contribution >= 4 is 17.3 Å². The highest BCUT2D eigenvalue weighted by molar-refractivity contribution is 6.31. The average Bonchev–Trinajstić information content (AvgIpc) is 2.82. The second kappa shape index (κ2) is 5.07. The molecule has 1 aliphatic rings. The lowest BCUT2D eigenvalue weighted by atomic mass is 10.0. The molecule has 0 saturated carbocycles. The molecule has 0 bridgehead atoms. The second-order valence-corrected chi connectivity index (χ2v) is 5.63. The van der Waals surface area contributed by atoms with E-state index >= 15 is 0 Å². The summed E-state index contributed by atoms with van der Waals surface area (Å²) in [6.45, 7) is 2.56. The number of pyridine rings is 1. The molecule has 0 saturated heterocycles. The Labute approximate surface area is 133 Å². The quantitative estimate of drug-likeness (QED) is 0.689. The summed E-state index contributed by atoms with van der Waals surface area (Å²) in [7, 11) is 0. The summed E-state index contributed by atoms with van der Waals surface area (Å²) in [5.74, 6) is 0.923. The number of halogens is 1. The highest BCUT2D eigenvalue weighted by Gasteiger charge is 2.21. The minimum Gasteiger partial charge on any atom is -0.299 e. The van der Waals surface area contributed by atoms with Crippen molar-refractivity contribution in [1.82, 2.24) is 14.5 Å². The third-order valence-electron chi connectivity index (χ3n) is 3.75. The van der Waals surface area contributed by atoms with Crippen LogP contribution in [0.1, 0.15) is 22.8 Å².